The standard InChI is InChI=1S/C13H25N3S/c1-9(12-10(2)15-11(3)17-12)14-8-13(4,5)16(6)7/h9,14H,8H2,1-7H3. The van der Waals surface area contributed by atoms with Crippen LogP contribution >= 0.6 is 11.3 Å². The van der Waals surface area contributed by atoms with Gasteiger partial charge in [0.15, 0.2) is 0 Å². The summed E-state index contributed by atoms with van der Waals surface area (Å²) in [6.45, 7) is 11.8. The van der Waals surface area contributed by atoms with Gasteiger partial charge in [0, 0.05) is 23.0 Å². The van der Waals surface area contributed by atoms with E-state index in [2.05, 4.69) is 63.9 Å². The molecule has 1 aromatic heterocycles. The topological polar surface area (TPSA) is 28.2 Å². The Labute approximate surface area is 109 Å². The molecule has 98 valence electrons. The summed E-state index contributed by atoms with van der Waals surface area (Å²) in [7, 11) is 4.24. The van der Waals surface area contributed by atoms with Gasteiger partial charge in [-0.25, -0.2) is 4.98 Å². The molecule has 17 heavy (non-hydrogen) atoms. The van der Waals surface area contributed by atoms with Crippen molar-refractivity contribution in [1.82, 2.24) is 15.2 Å². The molecule has 0 aliphatic heterocycles. The van der Waals surface area contributed by atoms with Gasteiger partial charge in [0.2, 0.25) is 0 Å². The Kier molecular flexibility index (Phi) is 4.69. The minimum atomic E-state index is 0.169. The first-order valence-corrected chi connectivity index (χ1v) is 6.90. The van der Waals surface area contributed by atoms with Gasteiger partial charge in [-0.05, 0) is 48.7 Å². The summed E-state index contributed by atoms with van der Waals surface area (Å²) < 4.78 is 0. The number of aryl methyl sites for hydroxylation is 2. The highest BCUT2D eigenvalue weighted by Gasteiger charge is 2.22. The van der Waals surface area contributed by atoms with Crippen LogP contribution in [0.4, 0.5) is 0 Å². The Balaban J connectivity index is 2.62. The van der Waals surface area contributed by atoms with E-state index in [0.717, 1.165) is 17.2 Å². The maximum atomic E-state index is 4.48. The molecule has 0 amide bonds. The van der Waals surface area contributed by atoms with E-state index < -0.39 is 0 Å². The quantitative estimate of drug-likeness (QED) is 0.877. The van der Waals surface area contributed by atoms with Crippen molar-refractivity contribution in [2.75, 3.05) is 20.6 Å². The fraction of sp³-hybridized carbons (Fsp3) is 0.769. The van der Waals surface area contributed by atoms with Gasteiger partial charge in [-0.15, -0.1) is 11.3 Å². The van der Waals surface area contributed by atoms with Crippen LogP contribution < -0.4 is 5.32 Å². The fourth-order valence-corrected chi connectivity index (χ4v) is 2.56. The zero-order valence-corrected chi connectivity index (χ0v) is 12.9. The molecule has 4 heteroatoms. The molecule has 0 fully saturated rings. The summed E-state index contributed by atoms with van der Waals surface area (Å²) in [6.07, 6.45) is 0. The van der Waals surface area contributed by atoms with Gasteiger partial charge in [0.1, 0.15) is 0 Å². The van der Waals surface area contributed by atoms with Gasteiger partial charge >= 0.3 is 0 Å². The van der Waals surface area contributed by atoms with Gasteiger partial charge < -0.3 is 10.2 Å². The zero-order valence-electron chi connectivity index (χ0n) is 12.1. The van der Waals surface area contributed by atoms with Gasteiger partial charge in [0.25, 0.3) is 0 Å². The van der Waals surface area contributed by atoms with Crippen molar-refractivity contribution in [3.63, 3.8) is 0 Å². The third-order valence-corrected chi connectivity index (χ3v) is 4.64. The number of hydrogen-bond donors (Lipinski definition) is 1. The Hall–Kier alpha value is -0.450. The van der Waals surface area contributed by atoms with Crippen LogP contribution in [0.5, 0.6) is 0 Å². The Morgan fingerprint density at radius 1 is 1.35 bits per heavy atom. The zero-order chi connectivity index (χ0) is 13.2. The van der Waals surface area contributed by atoms with E-state index in [-0.39, 0.29) is 5.54 Å². The normalized spacial score (nSPS) is 14.4. The van der Waals surface area contributed by atoms with Crippen LogP contribution in [-0.2, 0) is 0 Å². The lowest BCUT2D eigenvalue weighted by Crippen LogP contribution is -2.47. The lowest BCUT2D eigenvalue weighted by atomic mass is 10.0. The number of aromatic nitrogens is 1. The van der Waals surface area contributed by atoms with E-state index in [0.29, 0.717) is 6.04 Å². The van der Waals surface area contributed by atoms with Crippen LogP contribution in [0, 0.1) is 13.8 Å². The summed E-state index contributed by atoms with van der Waals surface area (Å²) in [5.74, 6) is 0. The third-order valence-electron chi connectivity index (χ3n) is 3.38. The van der Waals surface area contributed by atoms with Crippen molar-refractivity contribution < 1.29 is 0 Å². The SMILES string of the molecule is Cc1nc(C)c(C(C)NCC(C)(C)N(C)C)s1. The summed E-state index contributed by atoms with van der Waals surface area (Å²) in [5, 5.41) is 4.75. The lowest BCUT2D eigenvalue weighted by molar-refractivity contribution is 0.185. The molecule has 0 saturated carbocycles. The second kappa shape index (κ2) is 5.46. The van der Waals surface area contributed by atoms with Crippen molar-refractivity contribution in [1.29, 1.82) is 0 Å². The largest absolute Gasteiger partial charge is 0.308 e. The first-order chi connectivity index (χ1) is 7.74. The van der Waals surface area contributed by atoms with Gasteiger partial charge in [0.05, 0.1) is 10.7 Å². The van der Waals surface area contributed by atoms with E-state index in [1.807, 2.05) is 0 Å². The number of nitrogens with zero attached hydrogens (tertiary/aromatic N) is 2. The minimum absolute atomic E-state index is 0.169. The number of thiazole rings is 1. The fourth-order valence-electron chi connectivity index (χ4n) is 1.60. The predicted molar refractivity (Wildman–Crippen MR) is 75.8 cm³/mol. The highest BCUT2D eigenvalue weighted by molar-refractivity contribution is 7.11. The van der Waals surface area contributed by atoms with Crippen molar-refractivity contribution in [2.45, 2.75) is 46.2 Å². The molecular weight excluding hydrogens is 230 g/mol. The molecule has 0 bridgehead atoms. The van der Waals surface area contributed by atoms with Gasteiger partial charge in [-0.1, -0.05) is 0 Å². The molecule has 0 saturated heterocycles. The molecule has 3 nitrogen and oxygen atoms in total. The summed E-state index contributed by atoms with van der Waals surface area (Å²) in [5.41, 5.74) is 1.33. The molecular formula is C13H25N3S. The second-order valence-corrected chi connectivity index (χ2v) is 6.73. The summed E-state index contributed by atoms with van der Waals surface area (Å²) >= 11 is 1.79. The molecule has 1 heterocycles. The molecule has 0 spiro atoms. The Morgan fingerprint density at radius 2 is 1.94 bits per heavy atom. The first kappa shape index (κ1) is 14.6. The van der Waals surface area contributed by atoms with E-state index >= 15 is 0 Å². The average Bonchev–Trinajstić information content (AvgIpc) is 2.54. The number of likely N-dealkylation sites (N-methyl/N-ethyl adjacent to an activating group) is 1. The third kappa shape index (κ3) is 3.76. The van der Waals surface area contributed by atoms with E-state index in [1.165, 1.54) is 4.88 Å². The van der Waals surface area contributed by atoms with Crippen LogP contribution in [0.2, 0.25) is 0 Å². The maximum absolute atomic E-state index is 4.48. The summed E-state index contributed by atoms with van der Waals surface area (Å²) in [4.78, 5) is 8.09. The summed E-state index contributed by atoms with van der Waals surface area (Å²) in [6, 6.07) is 0.375. The molecule has 0 aliphatic carbocycles. The average molecular weight is 255 g/mol. The molecule has 0 aliphatic rings. The van der Waals surface area contributed by atoms with Gasteiger partial charge in [-0.2, -0.15) is 0 Å². The van der Waals surface area contributed by atoms with Crippen LogP contribution in [0.3, 0.4) is 0 Å². The lowest BCUT2D eigenvalue weighted by Gasteiger charge is -2.33. The Bertz CT molecular complexity index is 369. The molecule has 0 radical (unpaired) electrons. The van der Waals surface area contributed by atoms with E-state index in [4.69, 9.17) is 0 Å². The van der Waals surface area contributed by atoms with Crippen LogP contribution in [-0.4, -0.2) is 36.1 Å². The van der Waals surface area contributed by atoms with Crippen molar-refractivity contribution in [2.24, 2.45) is 0 Å². The number of hydrogen-bond acceptors (Lipinski definition) is 4. The molecule has 1 atom stereocenters. The van der Waals surface area contributed by atoms with Crippen molar-refractivity contribution >= 4 is 11.3 Å². The van der Waals surface area contributed by atoms with E-state index in [1.54, 1.807) is 11.3 Å². The number of nitrogens with one attached hydrogen (secondary N) is 1. The molecule has 1 unspecified atom stereocenters. The monoisotopic (exact) mass is 255 g/mol. The molecule has 1 rings (SSSR count). The first-order valence-electron chi connectivity index (χ1n) is 6.09. The molecule has 1 aromatic rings. The van der Waals surface area contributed by atoms with Crippen LogP contribution in [0.1, 0.15) is 42.4 Å². The van der Waals surface area contributed by atoms with Crippen LogP contribution in [0.15, 0.2) is 0 Å². The molecule has 0 aromatic carbocycles. The smallest absolute Gasteiger partial charge is 0.0900 e. The maximum Gasteiger partial charge on any atom is 0.0900 e. The van der Waals surface area contributed by atoms with Crippen LogP contribution in [0.25, 0.3) is 0 Å². The second-order valence-electron chi connectivity index (χ2n) is 5.49. The highest BCUT2D eigenvalue weighted by atomic mass is 32.1. The van der Waals surface area contributed by atoms with Gasteiger partial charge in [-0.3, -0.25) is 0 Å². The molecule has 1 N–H and O–H groups in total. The van der Waals surface area contributed by atoms with Crippen molar-refractivity contribution in [3.05, 3.63) is 15.6 Å². The minimum Gasteiger partial charge on any atom is -0.308 e. The van der Waals surface area contributed by atoms with Crippen molar-refractivity contribution in [3.8, 4) is 0 Å². The predicted octanol–water partition coefficient (Wildman–Crippen LogP) is 2.75. The Morgan fingerprint density at radius 3 is 2.35 bits per heavy atom. The highest BCUT2D eigenvalue weighted by Crippen LogP contribution is 2.24. The number of rotatable bonds is 5. The van der Waals surface area contributed by atoms with E-state index in [9.17, 15) is 0 Å².